The first-order valence-electron chi connectivity index (χ1n) is 5.07. The third-order valence-electron chi connectivity index (χ3n) is 2.61. The second-order valence-corrected chi connectivity index (χ2v) is 3.60. The highest BCUT2D eigenvalue weighted by atomic mass is 19.1. The predicted molar refractivity (Wildman–Crippen MR) is 53.0 cm³/mol. The van der Waals surface area contributed by atoms with Crippen LogP contribution in [0.25, 0.3) is 0 Å². The Labute approximate surface area is 88.3 Å². The Morgan fingerprint density at radius 2 is 2.27 bits per heavy atom. The maximum absolute atomic E-state index is 14.3. The van der Waals surface area contributed by atoms with Crippen LogP contribution in [0.3, 0.4) is 0 Å². The Morgan fingerprint density at radius 3 is 2.67 bits per heavy atom. The summed E-state index contributed by atoms with van der Waals surface area (Å²) in [4.78, 5) is 22.7. The number of ether oxygens (including phenoxy) is 1. The number of rotatable bonds is 4. The summed E-state index contributed by atoms with van der Waals surface area (Å²) in [6, 6.07) is 0. The molecule has 15 heavy (non-hydrogen) atoms. The summed E-state index contributed by atoms with van der Waals surface area (Å²) < 4.78 is 18.9. The lowest BCUT2D eigenvalue weighted by molar-refractivity contribution is -0.164. The Morgan fingerprint density at radius 1 is 1.60 bits per heavy atom. The molecule has 3 nitrogen and oxygen atoms in total. The first-order valence-corrected chi connectivity index (χ1v) is 5.07. The summed E-state index contributed by atoms with van der Waals surface area (Å²) in [5.41, 5.74) is -2.50. The van der Waals surface area contributed by atoms with Gasteiger partial charge in [-0.3, -0.25) is 4.79 Å². The fraction of sp³-hybridized carbons (Fsp3) is 0.636. The van der Waals surface area contributed by atoms with E-state index in [4.69, 9.17) is 0 Å². The summed E-state index contributed by atoms with van der Waals surface area (Å²) in [6.07, 6.45) is 4.54. The van der Waals surface area contributed by atoms with Crippen molar-refractivity contribution in [1.29, 1.82) is 0 Å². The molecule has 0 saturated heterocycles. The molecule has 0 spiro atoms. The minimum absolute atomic E-state index is 0.0776. The van der Waals surface area contributed by atoms with Crippen LogP contribution in [0.4, 0.5) is 4.39 Å². The van der Waals surface area contributed by atoms with Gasteiger partial charge in [0.2, 0.25) is 0 Å². The number of carbonyl (C=O) groups is 2. The number of hydrogen-bond acceptors (Lipinski definition) is 3. The van der Waals surface area contributed by atoms with Gasteiger partial charge in [-0.15, -0.1) is 0 Å². The van der Waals surface area contributed by atoms with Crippen LogP contribution in [0.15, 0.2) is 12.2 Å². The van der Waals surface area contributed by atoms with Crippen LogP contribution in [0, 0.1) is 5.92 Å². The fourth-order valence-electron chi connectivity index (χ4n) is 1.76. The van der Waals surface area contributed by atoms with Crippen LogP contribution >= 0.6 is 0 Å². The normalized spacial score (nSPS) is 23.5. The largest absolute Gasteiger partial charge is 0.463 e. The molecule has 0 fully saturated rings. The van der Waals surface area contributed by atoms with Gasteiger partial charge in [-0.2, -0.15) is 0 Å². The highest BCUT2D eigenvalue weighted by Crippen LogP contribution is 2.34. The third kappa shape index (κ3) is 2.08. The fourth-order valence-corrected chi connectivity index (χ4v) is 1.76. The lowest BCUT2D eigenvalue weighted by atomic mass is 9.85. The van der Waals surface area contributed by atoms with E-state index < -0.39 is 23.3 Å². The van der Waals surface area contributed by atoms with Gasteiger partial charge in [0.1, 0.15) is 0 Å². The molecule has 0 aromatic rings. The Balaban J connectivity index is 2.91. The average molecular weight is 214 g/mol. The molecule has 84 valence electrons. The summed E-state index contributed by atoms with van der Waals surface area (Å²) in [5, 5.41) is 0. The molecule has 0 bridgehead atoms. The number of esters is 1. The number of ketones is 1. The van der Waals surface area contributed by atoms with E-state index in [9.17, 15) is 14.0 Å². The number of halogens is 1. The molecule has 1 aliphatic carbocycles. The lowest BCUT2D eigenvalue weighted by Gasteiger charge is -2.25. The molecular weight excluding hydrogens is 199 g/mol. The third-order valence-corrected chi connectivity index (χ3v) is 2.61. The van der Waals surface area contributed by atoms with Crippen molar-refractivity contribution >= 4 is 11.8 Å². The van der Waals surface area contributed by atoms with Gasteiger partial charge in [0.25, 0.3) is 5.67 Å². The van der Waals surface area contributed by atoms with Crippen molar-refractivity contribution in [3.05, 3.63) is 12.2 Å². The summed E-state index contributed by atoms with van der Waals surface area (Å²) in [6.45, 7) is 2.75. The van der Waals surface area contributed by atoms with Crippen molar-refractivity contribution in [3.63, 3.8) is 0 Å². The molecule has 0 saturated carbocycles. The van der Waals surface area contributed by atoms with Crippen molar-refractivity contribution in [2.45, 2.75) is 32.4 Å². The number of allylic oxidation sites excluding steroid dienone is 2. The van der Waals surface area contributed by atoms with Gasteiger partial charge in [-0.1, -0.05) is 12.2 Å². The number of alkyl halides is 1. The van der Waals surface area contributed by atoms with Gasteiger partial charge < -0.3 is 4.74 Å². The number of carbonyl (C=O) groups excluding carboxylic acids is 2. The molecule has 0 N–H and O–H groups in total. The van der Waals surface area contributed by atoms with E-state index in [1.165, 1.54) is 0 Å². The van der Waals surface area contributed by atoms with Crippen molar-refractivity contribution in [1.82, 2.24) is 0 Å². The molecule has 1 aliphatic rings. The molecule has 0 aromatic carbocycles. The topological polar surface area (TPSA) is 43.4 Å². The molecule has 1 rings (SSSR count). The SMILES string of the molecule is CCOC(=O)C(F)(C(C)=O)C1C=CCC1. The zero-order valence-electron chi connectivity index (χ0n) is 8.96. The monoisotopic (exact) mass is 214 g/mol. The van der Waals surface area contributed by atoms with Crippen LogP contribution in [-0.2, 0) is 14.3 Å². The zero-order valence-corrected chi connectivity index (χ0v) is 8.96. The van der Waals surface area contributed by atoms with Crippen molar-refractivity contribution in [2.24, 2.45) is 5.92 Å². The van der Waals surface area contributed by atoms with E-state index in [2.05, 4.69) is 4.74 Å². The van der Waals surface area contributed by atoms with E-state index >= 15 is 0 Å². The van der Waals surface area contributed by atoms with E-state index in [1.807, 2.05) is 0 Å². The predicted octanol–water partition coefficient (Wildman–Crippen LogP) is 1.81. The standard InChI is InChI=1S/C11H15FO3/c1-3-15-10(14)11(12,8(2)13)9-6-4-5-7-9/h4,6,9H,3,5,7H2,1-2H3. The minimum atomic E-state index is -2.50. The maximum Gasteiger partial charge on any atom is 0.352 e. The molecule has 0 amide bonds. The molecule has 0 radical (unpaired) electrons. The van der Waals surface area contributed by atoms with Crippen molar-refractivity contribution in [3.8, 4) is 0 Å². The summed E-state index contributed by atoms with van der Waals surface area (Å²) in [5.74, 6) is -2.51. The van der Waals surface area contributed by atoms with E-state index in [-0.39, 0.29) is 6.61 Å². The Bertz CT molecular complexity index is 298. The highest BCUT2D eigenvalue weighted by Gasteiger charge is 2.51. The van der Waals surface area contributed by atoms with Crippen LogP contribution in [0.1, 0.15) is 26.7 Å². The maximum atomic E-state index is 14.3. The van der Waals surface area contributed by atoms with E-state index in [0.717, 1.165) is 6.92 Å². The van der Waals surface area contributed by atoms with Gasteiger partial charge in [0.05, 0.1) is 6.61 Å². The second-order valence-electron chi connectivity index (χ2n) is 3.60. The summed E-state index contributed by atoms with van der Waals surface area (Å²) >= 11 is 0. The molecule has 2 unspecified atom stereocenters. The van der Waals surface area contributed by atoms with Crippen LogP contribution in [0.5, 0.6) is 0 Å². The van der Waals surface area contributed by atoms with Gasteiger partial charge in [-0.05, 0) is 26.7 Å². The van der Waals surface area contributed by atoms with E-state index in [0.29, 0.717) is 12.8 Å². The Kier molecular flexibility index (Phi) is 3.61. The first-order chi connectivity index (χ1) is 7.03. The van der Waals surface area contributed by atoms with Gasteiger partial charge in [-0.25, -0.2) is 9.18 Å². The molecule has 2 atom stereocenters. The minimum Gasteiger partial charge on any atom is -0.463 e. The number of Topliss-reactive ketones (excluding diaryl/α,β-unsaturated/α-hetero) is 1. The smallest absolute Gasteiger partial charge is 0.352 e. The van der Waals surface area contributed by atoms with Crippen molar-refractivity contribution < 1.29 is 18.7 Å². The lowest BCUT2D eigenvalue weighted by Crippen LogP contribution is -2.47. The molecule has 0 heterocycles. The second kappa shape index (κ2) is 4.55. The summed E-state index contributed by atoms with van der Waals surface area (Å²) in [7, 11) is 0. The highest BCUT2D eigenvalue weighted by molar-refractivity contribution is 6.06. The van der Waals surface area contributed by atoms with Crippen LogP contribution in [0.2, 0.25) is 0 Å². The van der Waals surface area contributed by atoms with Gasteiger partial charge in [0, 0.05) is 5.92 Å². The zero-order chi connectivity index (χ0) is 11.5. The number of hydrogen-bond donors (Lipinski definition) is 0. The van der Waals surface area contributed by atoms with E-state index in [1.54, 1.807) is 19.1 Å². The van der Waals surface area contributed by atoms with Crippen molar-refractivity contribution in [2.75, 3.05) is 6.61 Å². The molecule has 0 aliphatic heterocycles. The average Bonchev–Trinajstić information content (AvgIpc) is 2.69. The molecular formula is C11H15FO3. The molecule has 0 aromatic heterocycles. The van der Waals surface area contributed by atoms with Crippen LogP contribution < -0.4 is 0 Å². The van der Waals surface area contributed by atoms with Gasteiger partial charge >= 0.3 is 5.97 Å². The first kappa shape index (κ1) is 11.9. The Hall–Kier alpha value is -1.19. The van der Waals surface area contributed by atoms with Crippen LogP contribution in [-0.4, -0.2) is 24.0 Å². The quantitative estimate of drug-likeness (QED) is 0.407. The van der Waals surface area contributed by atoms with Gasteiger partial charge in [0.15, 0.2) is 5.78 Å². The molecule has 4 heteroatoms.